The molecule has 1 aromatic carbocycles. The van der Waals surface area contributed by atoms with Crippen LogP contribution in [0.25, 0.3) is 11.3 Å². The fourth-order valence-electron chi connectivity index (χ4n) is 1.45. The van der Waals surface area contributed by atoms with Gasteiger partial charge in [-0.2, -0.15) is 0 Å². The Morgan fingerprint density at radius 1 is 1.53 bits per heavy atom. The van der Waals surface area contributed by atoms with Crippen LogP contribution < -0.4 is 5.32 Å². The molecular formula is C13H13ClN2S. The maximum Gasteiger partial charge on any atom is 0.183 e. The Balaban J connectivity index is 2.24. The fourth-order valence-corrected chi connectivity index (χ4v) is 2.30. The molecule has 0 saturated carbocycles. The van der Waals surface area contributed by atoms with Gasteiger partial charge in [0.2, 0.25) is 0 Å². The average molecular weight is 265 g/mol. The molecule has 0 aliphatic heterocycles. The van der Waals surface area contributed by atoms with Gasteiger partial charge in [-0.25, -0.2) is 4.98 Å². The van der Waals surface area contributed by atoms with E-state index in [1.807, 2.05) is 30.5 Å². The van der Waals surface area contributed by atoms with Crippen molar-refractivity contribution in [2.75, 3.05) is 11.9 Å². The maximum atomic E-state index is 6.00. The van der Waals surface area contributed by atoms with Gasteiger partial charge in [-0.15, -0.1) is 17.9 Å². The third-order valence-electron chi connectivity index (χ3n) is 2.36. The van der Waals surface area contributed by atoms with Gasteiger partial charge in [-0.1, -0.05) is 23.7 Å². The third kappa shape index (κ3) is 2.87. The molecule has 0 unspecified atom stereocenters. The second-order valence-corrected chi connectivity index (χ2v) is 4.94. The zero-order valence-electron chi connectivity index (χ0n) is 9.53. The Kier molecular flexibility index (Phi) is 3.82. The van der Waals surface area contributed by atoms with Gasteiger partial charge in [0, 0.05) is 22.5 Å². The molecule has 0 aliphatic rings. The highest BCUT2D eigenvalue weighted by atomic mass is 35.5. The van der Waals surface area contributed by atoms with Gasteiger partial charge in [-0.3, -0.25) is 0 Å². The molecule has 88 valence electrons. The van der Waals surface area contributed by atoms with E-state index in [0.717, 1.165) is 33.5 Å². The summed E-state index contributed by atoms with van der Waals surface area (Å²) in [6, 6.07) is 5.94. The Hall–Kier alpha value is -1.32. The number of rotatable bonds is 4. The van der Waals surface area contributed by atoms with Crippen LogP contribution >= 0.6 is 22.9 Å². The first kappa shape index (κ1) is 12.1. The minimum Gasteiger partial charge on any atom is -0.358 e. The van der Waals surface area contributed by atoms with Crippen LogP contribution in [0.5, 0.6) is 0 Å². The van der Waals surface area contributed by atoms with Crippen molar-refractivity contribution in [3.05, 3.63) is 46.8 Å². The van der Waals surface area contributed by atoms with Crippen LogP contribution in [-0.2, 0) is 0 Å². The lowest BCUT2D eigenvalue weighted by Crippen LogP contribution is -1.96. The van der Waals surface area contributed by atoms with E-state index in [1.54, 1.807) is 11.3 Å². The summed E-state index contributed by atoms with van der Waals surface area (Å²) in [5.41, 5.74) is 3.13. The van der Waals surface area contributed by atoms with Crippen molar-refractivity contribution >= 4 is 28.1 Å². The lowest BCUT2D eigenvalue weighted by atomic mass is 10.1. The van der Waals surface area contributed by atoms with Crippen molar-refractivity contribution in [2.24, 2.45) is 0 Å². The highest BCUT2D eigenvalue weighted by Crippen LogP contribution is 2.27. The van der Waals surface area contributed by atoms with Crippen molar-refractivity contribution in [1.82, 2.24) is 4.98 Å². The first-order valence-corrected chi connectivity index (χ1v) is 6.53. The lowest BCUT2D eigenvalue weighted by Gasteiger charge is -2.01. The molecule has 0 saturated heterocycles. The summed E-state index contributed by atoms with van der Waals surface area (Å²) in [4.78, 5) is 4.51. The molecule has 2 aromatic rings. The highest BCUT2D eigenvalue weighted by molar-refractivity contribution is 7.14. The van der Waals surface area contributed by atoms with Crippen molar-refractivity contribution in [3.63, 3.8) is 0 Å². The maximum absolute atomic E-state index is 6.00. The van der Waals surface area contributed by atoms with Crippen molar-refractivity contribution < 1.29 is 0 Å². The van der Waals surface area contributed by atoms with Crippen molar-refractivity contribution in [1.29, 1.82) is 0 Å². The summed E-state index contributed by atoms with van der Waals surface area (Å²) in [6.45, 7) is 6.39. The Morgan fingerprint density at radius 3 is 3.06 bits per heavy atom. The Labute approximate surface area is 110 Å². The molecule has 1 heterocycles. The number of aryl methyl sites for hydroxylation is 1. The zero-order valence-corrected chi connectivity index (χ0v) is 11.1. The van der Waals surface area contributed by atoms with E-state index in [9.17, 15) is 0 Å². The predicted molar refractivity (Wildman–Crippen MR) is 76.0 cm³/mol. The molecule has 0 aliphatic carbocycles. The van der Waals surface area contributed by atoms with Crippen LogP contribution in [-0.4, -0.2) is 11.5 Å². The largest absolute Gasteiger partial charge is 0.358 e. The molecule has 17 heavy (non-hydrogen) atoms. The number of benzene rings is 1. The number of halogens is 1. The van der Waals surface area contributed by atoms with Gasteiger partial charge < -0.3 is 5.32 Å². The molecule has 0 atom stereocenters. The predicted octanol–water partition coefficient (Wildman–Crippen LogP) is 4.37. The van der Waals surface area contributed by atoms with Gasteiger partial charge >= 0.3 is 0 Å². The minimum atomic E-state index is 0.729. The number of hydrogen-bond donors (Lipinski definition) is 1. The van der Waals surface area contributed by atoms with Crippen LogP contribution in [0.4, 0.5) is 5.13 Å². The second kappa shape index (κ2) is 5.34. The summed E-state index contributed by atoms with van der Waals surface area (Å²) in [7, 11) is 0. The van der Waals surface area contributed by atoms with E-state index in [-0.39, 0.29) is 0 Å². The van der Waals surface area contributed by atoms with Crippen molar-refractivity contribution in [2.45, 2.75) is 6.92 Å². The van der Waals surface area contributed by atoms with E-state index in [1.165, 1.54) is 0 Å². The number of anilines is 1. The molecule has 0 amide bonds. The summed E-state index contributed by atoms with van der Waals surface area (Å²) in [5.74, 6) is 0. The lowest BCUT2D eigenvalue weighted by molar-refractivity contribution is 1.28. The minimum absolute atomic E-state index is 0.729. The van der Waals surface area contributed by atoms with E-state index in [4.69, 9.17) is 11.6 Å². The number of thiazole rings is 1. The van der Waals surface area contributed by atoms with Gasteiger partial charge in [-0.05, 0) is 24.6 Å². The molecular weight excluding hydrogens is 252 g/mol. The number of nitrogens with one attached hydrogen (secondary N) is 1. The SMILES string of the molecule is C=CCNc1nc(-c2ccc(Cl)c(C)c2)cs1. The van der Waals surface area contributed by atoms with Gasteiger partial charge in [0.15, 0.2) is 5.13 Å². The molecule has 0 bridgehead atoms. The Morgan fingerprint density at radius 2 is 2.35 bits per heavy atom. The molecule has 4 heteroatoms. The zero-order chi connectivity index (χ0) is 12.3. The summed E-state index contributed by atoms with van der Waals surface area (Å²) in [6.07, 6.45) is 1.81. The van der Waals surface area contributed by atoms with Crippen LogP contribution in [0.3, 0.4) is 0 Å². The van der Waals surface area contributed by atoms with Crippen LogP contribution in [0.2, 0.25) is 5.02 Å². The van der Waals surface area contributed by atoms with Crippen LogP contribution in [0.1, 0.15) is 5.56 Å². The molecule has 0 spiro atoms. The van der Waals surface area contributed by atoms with Crippen LogP contribution in [0.15, 0.2) is 36.2 Å². The topological polar surface area (TPSA) is 24.9 Å². The number of aromatic nitrogens is 1. The first-order chi connectivity index (χ1) is 8.20. The molecule has 0 radical (unpaired) electrons. The van der Waals surface area contributed by atoms with Crippen molar-refractivity contribution in [3.8, 4) is 11.3 Å². The monoisotopic (exact) mass is 264 g/mol. The quantitative estimate of drug-likeness (QED) is 0.830. The van der Waals surface area contributed by atoms with Gasteiger partial charge in [0.25, 0.3) is 0 Å². The fraction of sp³-hybridized carbons (Fsp3) is 0.154. The summed E-state index contributed by atoms with van der Waals surface area (Å²) < 4.78 is 0. The smallest absolute Gasteiger partial charge is 0.183 e. The normalized spacial score (nSPS) is 10.2. The van der Waals surface area contributed by atoms with Crippen LogP contribution in [0, 0.1) is 6.92 Å². The van der Waals surface area contributed by atoms with E-state index < -0.39 is 0 Å². The van der Waals surface area contributed by atoms with Gasteiger partial charge in [0.05, 0.1) is 5.69 Å². The second-order valence-electron chi connectivity index (χ2n) is 3.67. The molecule has 1 aromatic heterocycles. The first-order valence-electron chi connectivity index (χ1n) is 5.27. The molecule has 0 fully saturated rings. The molecule has 2 rings (SSSR count). The third-order valence-corrected chi connectivity index (χ3v) is 3.58. The molecule has 2 nitrogen and oxygen atoms in total. The average Bonchev–Trinajstić information content (AvgIpc) is 2.79. The standard InChI is InChI=1S/C13H13ClN2S/c1-3-6-15-13-16-12(8-17-13)10-4-5-11(14)9(2)7-10/h3-5,7-8H,1,6H2,2H3,(H,15,16). The van der Waals surface area contributed by atoms with Gasteiger partial charge in [0.1, 0.15) is 0 Å². The Bertz CT molecular complexity index is 534. The number of nitrogens with zero attached hydrogens (tertiary/aromatic N) is 1. The summed E-state index contributed by atoms with van der Waals surface area (Å²) >= 11 is 7.59. The molecule has 1 N–H and O–H groups in total. The van der Waals surface area contributed by atoms with E-state index in [2.05, 4.69) is 22.9 Å². The number of hydrogen-bond acceptors (Lipinski definition) is 3. The highest BCUT2D eigenvalue weighted by Gasteiger charge is 2.05. The van der Waals surface area contributed by atoms with E-state index in [0.29, 0.717) is 0 Å². The van der Waals surface area contributed by atoms with E-state index >= 15 is 0 Å². The summed E-state index contributed by atoms with van der Waals surface area (Å²) in [5, 5.41) is 6.91.